The molecule has 0 aliphatic rings. The van der Waals surface area contributed by atoms with Crippen molar-refractivity contribution in [3.8, 4) is 0 Å². The summed E-state index contributed by atoms with van der Waals surface area (Å²) < 4.78 is 11.1. The lowest BCUT2D eigenvalue weighted by Gasteiger charge is -2.13. The molecule has 25 heavy (non-hydrogen) atoms. The highest BCUT2D eigenvalue weighted by Gasteiger charge is 2.19. The lowest BCUT2D eigenvalue weighted by molar-refractivity contribution is 0.0632. The van der Waals surface area contributed by atoms with Gasteiger partial charge in [-0.15, -0.1) is 0 Å². The molecule has 1 aromatic carbocycles. The molecule has 134 valence electrons. The van der Waals surface area contributed by atoms with Crippen LogP contribution in [-0.4, -0.2) is 30.1 Å². The summed E-state index contributed by atoms with van der Waals surface area (Å²) >= 11 is 0. The number of carboxylic acid groups (broad SMARTS) is 1. The summed E-state index contributed by atoms with van der Waals surface area (Å²) in [5.74, 6) is -1.19. The zero-order valence-electron chi connectivity index (χ0n) is 14.5. The van der Waals surface area contributed by atoms with E-state index in [1.807, 2.05) is 37.3 Å². The van der Waals surface area contributed by atoms with Crippen LogP contribution in [0.4, 0.5) is 0 Å². The van der Waals surface area contributed by atoms with Gasteiger partial charge >= 0.3 is 5.97 Å². The van der Waals surface area contributed by atoms with Crippen molar-refractivity contribution in [2.45, 2.75) is 32.8 Å². The van der Waals surface area contributed by atoms with Gasteiger partial charge in [-0.3, -0.25) is 4.79 Å². The number of aromatic carboxylic acids is 1. The fourth-order valence-electron chi connectivity index (χ4n) is 2.43. The average molecular weight is 345 g/mol. The summed E-state index contributed by atoms with van der Waals surface area (Å²) in [6.07, 6.45) is 1.06. The van der Waals surface area contributed by atoms with E-state index in [0.717, 1.165) is 5.56 Å². The molecule has 6 heteroatoms. The van der Waals surface area contributed by atoms with Crippen molar-refractivity contribution in [1.29, 1.82) is 0 Å². The van der Waals surface area contributed by atoms with Gasteiger partial charge in [0, 0.05) is 25.6 Å². The van der Waals surface area contributed by atoms with Crippen LogP contribution in [0.2, 0.25) is 0 Å². The third-order valence-electron chi connectivity index (χ3n) is 3.83. The van der Waals surface area contributed by atoms with Crippen LogP contribution >= 0.6 is 0 Å². The number of rotatable bonds is 9. The van der Waals surface area contributed by atoms with Gasteiger partial charge in [0.15, 0.2) is 5.76 Å². The maximum atomic E-state index is 12.0. The second-order valence-corrected chi connectivity index (χ2v) is 5.64. The van der Waals surface area contributed by atoms with Crippen molar-refractivity contribution in [2.24, 2.45) is 0 Å². The van der Waals surface area contributed by atoms with E-state index in [1.165, 1.54) is 6.07 Å². The van der Waals surface area contributed by atoms with Gasteiger partial charge in [-0.1, -0.05) is 37.3 Å². The molecule has 6 nitrogen and oxygen atoms in total. The van der Waals surface area contributed by atoms with Crippen LogP contribution < -0.4 is 5.32 Å². The Morgan fingerprint density at radius 1 is 1.28 bits per heavy atom. The van der Waals surface area contributed by atoms with E-state index >= 15 is 0 Å². The van der Waals surface area contributed by atoms with Crippen LogP contribution in [0.25, 0.3) is 0 Å². The number of aryl methyl sites for hydroxylation is 1. The van der Waals surface area contributed by atoms with Crippen LogP contribution in [0.1, 0.15) is 58.6 Å². The van der Waals surface area contributed by atoms with Crippen molar-refractivity contribution in [1.82, 2.24) is 5.32 Å². The van der Waals surface area contributed by atoms with Crippen molar-refractivity contribution < 1.29 is 23.8 Å². The molecule has 2 N–H and O–H groups in total. The first-order chi connectivity index (χ1) is 12.0. The molecule has 2 rings (SSSR count). The molecule has 1 unspecified atom stereocenters. The van der Waals surface area contributed by atoms with Crippen LogP contribution in [0.5, 0.6) is 0 Å². The molecule has 2 aromatic rings. The number of benzene rings is 1. The summed E-state index contributed by atoms with van der Waals surface area (Å²) in [4.78, 5) is 23.1. The maximum absolute atomic E-state index is 12.0. The van der Waals surface area contributed by atoms with Gasteiger partial charge in [0.2, 0.25) is 0 Å². The summed E-state index contributed by atoms with van der Waals surface area (Å²) in [6, 6.07) is 11.2. The minimum absolute atomic E-state index is 0.00721. The minimum atomic E-state index is -1.09. The topological polar surface area (TPSA) is 88.8 Å². The number of nitrogens with one attached hydrogen (secondary N) is 1. The minimum Gasteiger partial charge on any atom is -0.478 e. The Morgan fingerprint density at radius 3 is 2.60 bits per heavy atom. The number of carbonyl (C=O) groups excluding carboxylic acids is 1. The van der Waals surface area contributed by atoms with Gasteiger partial charge in [0.05, 0.1) is 6.10 Å². The van der Waals surface area contributed by atoms with Crippen molar-refractivity contribution in [2.75, 3.05) is 13.2 Å². The number of amides is 1. The van der Waals surface area contributed by atoms with E-state index in [0.29, 0.717) is 31.8 Å². The fourth-order valence-corrected chi connectivity index (χ4v) is 2.43. The van der Waals surface area contributed by atoms with E-state index in [-0.39, 0.29) is 17.4 Å². The predicted octanol–water partition coefficient (Wildman–Crippen LogP) is 3.44. The number of carboxylic acids is 1. The summed E-state index contributed by atoms with van der Waals surface area (Å²) in [5, 5.41) is 11.8. The zero-order valence-corrected chi connectivity index (χ0v) is 14.5. The average Bonchev–Trinajstić information content (AvgIpc) is 3.06. The molecular formula is C19H23NO5. The SMILES string of the molecule is CCc1oc(C(=O)NCCCOC(C)c2ccccc2)cc1C(=O)O. The molecule has 1 heterocycles. The number of ether oxygens (including phenoxy) is 1. The smallest absolute Gasteiger partial charge is 0.339 e. The van der Waals surface area contributed by atoms with E-state index in [1.54, 1.807) is 6.92 Å². The second kappa shape index (κ2) is 9.03. The molecule has 1 amide bonds. The molecule has 0 radical (unpaired) electrons. The predicted molar refractivity (Wildman–Crippen MR) is 92.8 cm³/mol. The van der Waals surface area contributed by atoms with Gasteiger partial charge < -0.3 is 19.6 Å². The third-order valence-corrected chi connectivity index (χ3v) is 3.83. The molecule has 0 spiro atoms. The van der Waals surface area contributed by atoms with Gasteiger partial charge in [-0.25, -0.2) is 4.79 Å². The molecular weight excluding hydrogens is 322 g/mol. The molecule has 0 bridgehead atoms. The van der Waals surface area contributed by atoms with Crippen LogP contribution in [0.3, 0.4) is 0 Å². The Kier molecular flexibility index (Phi) is 6.77. The summed E-state index contributed by atoms with van der Waals surface area (Å²) in [6.45, 7) is 4.69. The van der Waals surface area contributed by atoms with Crippen molar-refractivity contribution >= 4 is 11.9 Å². The van der Waals surface area contributed by atoms with Crippen LogP contribution in [-0.2, 0) is 11.2 Å². The first kappa shape index (κ1) is 18.7. The highest BCUT2D eigenvalue weighted by atomic mass is 16.5. The van der Waals surface area contributed by atoms with Crippen LogP contribution in [0, 0.1) is 0 Å². The Morgan fingerprint density at radius 2 is 2.00 bits per heavy atom. The molecule has 0 fully saturated rings. The monoisotopic (exact) mass is 345 g/mol. The lowest BCUT2D eigenvalue weighted by Crippen LogP contribution is -2.25. The quantitative estimate of drug-likeness (QED) is 0.680. The highest BCUT2D eigenvalue weighted by Crippen LogP contribution is 2.17. The largest absolute Gasteiger partial charge is 0.478 e. The van der Waals surface area contributed by atoms with Gasteiger partial charge in [0.25, 0.3) is 5.91 Å². The van der Waals surface area contributed by atoms with Crippen LogP contribution in [0.15, 0.2) is 40.8 Å². The zero-order chi connectivity index (χ0) is 18.2. The lowest BCUT2D eigenvalue weighted by atomic mass is 10.1. The van der Waals surface area contributed by atoms with E-state index in [4.69, 9.17) is 14.3 Å². The Hall–Kier alpha value is -2.60. The molecule has 1 atom stereocenters. The van der Waals surface area contributed by atoms with E-state index in [9.17, 15) is 9.59 Å². The van der Waals surface area contributed by atoms with E-state index in [2.05, 4.69) is 5.32 Å². The Bertz CT molecular complexity index is 708. The van der Waals surface area contributed by atoms with Crippen molar-refractivity contribution in [3.63, 3.8) is 0 Å². The molecule has 0 saturated heterocycles. The number of hydrogen-bond acceptors (Lipinski definition) is 4. The van der Waals surface area contributed by atoms with E-state index < -0.39 is 11.9 Å². The molecule has 0 saturated carbocycles. The second-order valence-electron chi connectivity index (χ2n) is 5.64. The van der Waals surface area contributed by atoms with Gasteiger partial charge in [-0.05, 0) is 18.9 Å². The fraction of sp³-hybridized carbons (Fsp3) is 0.368. The summed E-state index contributed by atoms with van der Waals surface area (Å²) in [5.41, 5.74) is 1.14. The third kappa shape index (κ3) is 5.19. The van der Waals surface area contributed by atoms with Gasteiger partial charge in [0.1, 0.15) is 11.3 Å². The first-order valence-electron chi connectivity index (χ1n) is 8.33. The number of furan rings is 1. The number of hydrogen-bond donors (Lipinski definition) is 2. The van der Waals surface area contributed by atoms with Crippen molar-refractivity contribution in [3.05, 3.63) is 59.0 Å². The van der Waals surface area contributed by atoms with Gasteiger partial charge in [-0.2, -0.15) is 0 Å². The maximum Gasteiger partial charge on any atom is 0.339 e. The highest BCUT2D eigenvalue weighted by molar-refractivity contribution is 5.96. The molecule has 1 aromatic heterocycles. The Labute approximate surface area is 146 Å². The standard InChI is InChI=1S/C19H23NO5/c1-3-16-15(19(22)23)12-17(25-16)18(21)20-10-7-11-24-13(2)14-8-5-4-6-9-14/h4-6,8-9,12-13H,3,7,10-11H2,1-2H3,(H,20,21)(H,22,23). The molecule has 0 aliphatic carbocycles. The normalized spacial score (nSPS) is 11.9. The number of carbonyl (C=O) groups is 2. The molecule has 0 aliphatic heterocycles. The summed E-state index contributed by atoms with van der Waals surface area (Å²) in [7, 11) is 0. The Balaban J connectivity index is 1.75. The first-order valence-corrected chi connectivity index (χ1v) is 8.33.